The molecule has 0 saturated carbocycles. The largest absolute Gasteiger partial charge is 0.462 e. The summed E-state index contributed by atoms with van der Waals surface area (Å²) < 4.78 is 14.4. The molecule has 0 unspecified atom stereocenters. The van der Waals surface area contributed by atoms with Gasteiger partial charge in [0.1, 0.15) is 5.69 Å². The molecule has 4 rings (SSSR count). The molecule has 0 atom stereocenters. The highest BCUT2D eigenvalue weighted by molar-refractivity contribution is 5.98. The maximum Gasteiger partial charge on any atom is 0.338 e. The lowest BCUT2D eigenvalue weighted by Crippen LogP contribution is -2.07. The summed E-state index contributed by atoms with van der Waals surface area (Å²) in [5.74, 6) is 0.193. The summed E-state index contributed by atoms with van der Waals surface area (Å²) in [6.07, 6.45) is 0. The molecule has 0 aliphatic heterocycles. The van der Waals surface area contributed by atoms with Gasteiger partial charge in [-0.05, 0) is 60.5 Å². The van der Waals surface area contributed by atoms with Crippen LogP contribution in [0, 0.1) is 6.92 Å². The Morgan fingerprint density at radius 1 is 1.03 bits per heavy atom. The van der Waals surface area contributed by atoms with Gasteiger partial charge in [0, 0.05) is 5.69 Å². The molecular weight excluding hydrogens is 406 g/mol. The number of nitrogens with one attached hydrogen (secondary N) is 2. The molecule has 3 aromatic heterocycles. The van der Waals surface area contributed by atoms with Crippen LogP contribution in [0.5, 0.6) is 0 Å². The molecule has 158 valence electrons. The number of carbonyl (C=O) groups excluding carboxylic acids is 1. The smallest absolute Gasteiger partial charge is 0.338 e. The number of nitrogens with zero attached hydrogens (tertiary/aromatic N) is 7. The van der Waals surface area contributed by atoms with E-state index in [0.717, 1.165) is 0 Å². The van der Waals surface area contributed by atoms with Crippen molar-refractivity contribution in [1.82, 2.24) is 30.6 Å². The van der Waals surface area contributed by atoms with Crippen LogP contribution in [-0.2, 0) is 4.74 Å². The van der Waals surface area contributed by atoms with Gasteiger partial charge in [0.2, 0.25) is 11.3 Å². The zero-order valence-corrected chi connectivity index (χ0v) is 16.8. The van der Waals surface area contributed by atoms with Gasteiger partial charge in [-0.1, -0.05) is 5.16 Å². The summed E-state index contributed by atoms with van der Waals surface area (Å²) in [7, 11) is 0. The second-order valence-electron chi connectivity index (χ2n) is 6.26. The molecule has 31 heavy (non-hydrogen) atoms. The minimum Gasteiger partial charge on any atom is -0.462 e. The first kappa shape index (κ1) is 19.9. The Balaban J connectivity index is 1.61. The van der Waals surface area contributed by atoms with E-state index in [-0.39, 0.29) is 17.1 Å². The van der Waals surface area contributed by atoms with Gasteiger partial charge in [-0.15, -0.1) is 0 Å². The third-order valence-corrected chi connectivity index (χ3v) is 4.10. The molecule has 0 fully saturated rings. The number of hydrogen-bond donors (Lipinski definition) is 2. The number of aromatic nitrogens is 6. The normalized spacial score (nSPS) is 11.5. The minimum absolute atomic E-state index is 0.206. The average Bonchev–Trinajstić information content (AvgIpc) is 3.40. The molecular formula is C18H17N9O4. The minimum atomic E-state index is -0.395. The number of hydrazone groups is 1. The van der Waals surface area contributed by atoms with Crippen LogP contribution >= 0.6 is 0 Å². The first-order valence-electron chi connectivity index (χ1n) is 9.19. The van der Waals surface area contributed by atoms with Crippen molar-refractivity contribution < 1.29 is 18.8 Å². The summed E-state index contributed by atoms with van der Waals surface area (Å²) in [4.78, 5) is 20.5. The number of aryl methyl sites for hydroxylation is 1. The van der Waals surface area contributed by atoms with Gasteiger partial charge in [0.15, 0.2) is 17.3 Å². The molecule has 0 bridgehead atoms. The van der Waals surface area contributed by atoms with Gasteiger partial charge in [0.05, 0.1) is 17.9 Å². The van der Waals surface area contributed by atoms with Crippen molar-refractivity contribution in [3.8, 4) is 0 Å². The Morgan fingerprint density at radius 3 is 2.35 bits per heavy atom. The van der Waals surface area contributed by atoms with E-state index < -0.39 is 5.97 Å². The first-order chi connectivity index (χ1) is 15.0. The maximum atomic E-state index is 11.8. The van der Waals surface area contributed by atoms with Crippen molar-refractivity contribution in [2.24, 2.45) is 5.10 Å². The van der Waals surface area contributed by atoms with Crippen molar-refractivity contribution in [2.45, 2.75) is 20.8 Å². The van der Waals surface area contributed by atoms with E-state index in [4.69, 9.17) is 14.0 Å². The summed E-state index contributed by atoms with van der Waals surface area (Å²) in [5, 5.41) is 22.3. The Hall–Kier alpha value is -4.42. The molecule has 2 N–H and O–H groups in total. The lowest BCUT2D eigenvalue weighted by molar-refractivity contribution is 0.0526. The van der Waals surface area contributed by atoms with Crippen LogP contribution in [-0.4, -0.2) is 48.9 Å². The molecule has 0 saturated heterocycles. The summed E-state index contributed by atoms with van der Waals surface area (Å²) >= 11 is 0. The van der Waals surface area contributed by atoms with Gasteiger partial charge in [-0.25, -0.2) is 19.0 Å². The predicted octanol–water partition coefficient (Wildman–Crippen LogP) is 2.46. The van der Waals surface area contributed by atoms with E-state index in [2.05, 4.69) is 46.4 Å². The van der Waals surface area contributed by atoms with E-state index in [1.807, 2.05) is 0 Å². The highest BCUT2D eigenvalue weighted by atomic mass is 16.6. The number of ether oxygens (including phenoxy) is 1. The second kappa shape index (κ2) is 8.52. The fourth-order valence-corrected chi connectivity index (χ4v) is 2.59. The predicted molar refractivity (Wildman–Crippen MR) is 108 cm³/mol. The third-order valence-electron chi connectivity index (χ3n) is 4.10. The quantitative estimate of drug-likeness (QED) is 0.253. The lowest BCUT2D eigenvalue weighted by atomic mass is 10.2. The molecule has 0 amide bonds. The lowest BCUT2D eigenvalue weighted by Gasteiger charge is -2.10. The van der Waals surface area contributed by atoms with Crippen LogP contribution in [0.2, 0.25) is 0 Å². The van der Waals surface area contributed by atoms with Crippen LogP contribution in [0.1, 0.15) is 35.6 Å². The Bertz CT molecular complexity index is 1250. The third kappa shape index (κ3) is 4.29. The van der Waals surface area contributed by atoms with Crippen molar-refractivity contribution in [1.29, 1.82) is 0 Å². The topological polar surface area (TPSA) is 166 Å². The number of fused-ring (bicyclic) bond motifs is 1. The Kier molecular flexibility index (Phi) is 5.47. The zero-order valence-electron chi connectivity index (χ0n) is 16.8. The molecule has 0 aliphatic carbocycles. The van der Waals surface area contributed by atoms with Gasteiger partial charge >= 0.3 is 5.97 Å². The van der Waals surface area contributed by atoms with Gasteiger partial charge in [-0.2, -0.15) is 10.1 Å². The standard InChI is InChI=1S/C18H17N9O4/c1-4-29-18(28)11-5-7-12(8-6-11)19-14-15(21-17-16(20-14)26-31-27-17)23-22-9(2)13-10(3)24-30-25-13/h5-8H,4H2,1-3H3,(H,19,20,26)(H,21,23,27)/b22-9+. The fourth-order valence-electron chi connectivity index (χ4n) is 2.59. The molecule has 3 heterocycles. The highest BCUT2D eigenvalue weighted by Gasteiger charge is 2.15. The van der Waals surface area contributed by atoms with E-state index in [1.165, 1.54) is 0 Å². The number of anilines is 3. The molecule has 1 aromatic carbocycles. The zero-order chi connectivity index (χ0) is 21.8. The van der Waals surface area contributed by atoms with Gasteiger partial charge < -0.3 is 10.1 Å². The van der Waals surface area contributed by atoms with Crippen molar-refractivity contribution in [2.75, 3.05) is 17.3 Å². The molecule has 0 aliphatic rings. The molecule has 0 spiro atoms. The molecule has 13 heteroatoms. The van der Waals surface area contributed by atoms with Gasteiger partial charge in [0.25, 0.3) is 0 Å². The van der Waals surface area contributed by atoms with Crippen LogP contribution in [0.25, 0.3) is 11.3 Å². The number of benzene rings is 1. The fraction of sp³-hybridized carbons (Fsp3) is 0.222. The second-order valence-corrected chi connectivity index (χ2v) is 6.26. The summed E-state index contributed by atoms with van der Waals surface area (Å²) in [5.41, 5.74) is 5.99. The van der Waals surface area contributed by atoms with Gasteiger partial charge in [-0.3, -0.25) is 5.43 Å². The van der Waals surface area contributed by atoms with Crippen molar-refractivity contribution in [3.05, 3.63) is 41.2 Å². The number of carbonyl (C=O) groups is 1. The number of esters is 1. The van der Waals surface area contributed by atoms with Crippen LogP contribution in [0.3, 0.4) is 0 Å². The molecule has 13 nitrogen and oxygen atoms in total. The number of rotatable bonds is 7. The maximum absolute atomic E-state index is 11.8. The SMILES string of the molecule is CCOC(=O)c1ccc(Nc2nc3nonc3nc2N/N=C(\C)c2nonc2C)cc1. The van der Waals surface area contributed by atoms with Crippen molar-refractivity contribution >= 4 is 40.3 Å². The monoisotopic (exact) mass is 423 g/mol. The average molecular weight is 423 g/mol. The number of hydrogen-bond acceptors (Lipinski definition) is 13. The van der Waals surface area contributed by atoms with E-state index in [0.29, 0.717) is 40.8 Å². The van der Waals surface area contributed by atoms with Crippen molar-refractivity contribution in [3.63, 3.8) is 0 Å². The highest BCUT2D eigenvalue weighted by Crippen LogP contribution is 2.24. The van der Waals surface area contributed by atoms with Crippen LogP contribution in [0.15, 0.2) is 38.6 Å². The first-order valence-corrected chi connectivity index (χ1v) is 9.19. The molecule has 0 radical (unpaired) electrons. The molecule has 4 aromatic rings. The summed E-state index contributed by atoms with van der Waals surface area (Å²) in [6.45, 7) is 5.55. The summed E-state index contributed by atoms with van der Waals surface area (Å²) in [6, 6.07) is 6.70. The van der Waals surface area contributed by atoms with Crippen LogP contribution in [0.4, 0.5) is 17.3 Å². The Labute approximate surface area is 174 Å². The van der Waals surface area contributed by atoms with E-state index >= 15 is 0 Å². The van der Waals surface area contributed by atoms with E-state index in [1.54, 1.807) is 45.0 Å². The van der Waals surface area contributed by atoms with E-state index in [9.17, 15) is 4.79 Å². The van der Waals surface area contributed by atoms with Crippen LogP contribution < -0.4 is 10.7 Å². The Morgan fingerprint density at radius 2 is 1.71 bits per heavy atom.